The van der Waals surface area contributed by atoms with Crippen LogP contribution in [0.5, 0.6) is 138 Å². The van der Waals surface area contributed by atoms with Gasteiger partial charge in [-0.25, -0.2) is 28.8 Å². The van der Waals surface area contributed by atoms with Gasteiger partial charge >= 0.3 is 35.8 Å². The average molecular weight is 1370 g/mol. The monoisotopic (exact) mass is 1370 g/mol. The van der Waals surface area contributed by atoms with Crippen LogP contribution in [-0.4, -0.2) is 190 Å². The number of carboxylic acids is 1. The van der Waals surface area contributed by atoms with Crippen molar-refractivity contribution < 1.29 is 179 Å². The van der Waals surface area contributed by atoms with Gasteiger partial charge in [0.1, 0.15) is 35.5 Å². The summed E-state index contributed by atoms with van der Waals surface area (Å²) in [4.78, 5) is 90.1. The molecule has 510 valence electrons. The first kappa shape index (κ1) is 63.7. The second kappa shape index (κ2) is 22.0. The van der Waals surface area contributed by atoms with E-state index in [1.165, 1.54) is 0 Å². The van der Waals surface area contributed by atoms with E-state index in [0.29, 0.717) is 18.2 Å². The van der Waals surface area contributed by atoms with E-state index in [0.717, 1.165) is 18.2 Å². The van der Waals surface area contributed by atoms with E-state index in [1.54, 1.807) is 0 Å². The van der Waals surface area contributed by atoms with Crippen molar-refractivity contribution in [1.82, 2.24) is 0 Å². The first-order chi connectivity index (χ1) is 46.7. The number of carboxylic acid groups (broad SMARTS) is 1. The molecule has 0 amide bonds. The van der Waals surface area contributed by atoms with Gasteiger partial charge in [0.25, 0.3) is 0 Å². The normalized spacial score (nSPS) is 19.7. The second-order valence-corrected chi connectivity index (χ2v) is 22.6. The van der Waals surface area contributed by atoms with E-state index in [2.05, 4.69) is 0 Å². The highest BCUT2D eigenvalue weighted by molar-refractivity contribution is 6.17. The van der Waals surface area contributed by atoms with Gasteiger partial charge in [-0.1, -0.05) is 6.07 Å². The summed E-state index contributed by atoms with van der Waals surface area (Å²) in [6.07, 6.45) is -16.4. The Bertz CT molecular complexity index is 5070. The van der Waals surface area contributed by atoms with Crippen molar-refractivity contribution in [2.45, 2.75) is 49.0 Å². The number of benzene rings is 8. The number of esters is 5. The van der Waals surface area contributed by atoms with E-state index in [4.69, 9.17) is 33.2 Å². The summed E-state index contributed by atoms with van der Waals surface area (Å²) in [6.45, 7) is -1.80. The maximum absolute atomic E-state index is 16.0. The van der Waals surface area contributed by atoms with Gasteiger partial charge in [0, 0.05) is 74.7 Å². The summed E-state index contributed by atoms with van der Waals surface area (Å²) >= 11 is 0. The molecule has 0 radical (unpaired) electrons. The molecule has 5 heterocycles. The molecule has 36 nitrogen and oxygen atoms in total. The standard InChI is InChI=1S/C63H42O36/c64-17-2-1-11(3-19(17)66)52-24(71)4-12-18(65)9-20(67)30(53(12)96-52)35-34-37-33(47(81)50(84)48(34)82)32-36-31(45(79)49(83)46(32)80)29-14(6-22(69)39(73)43(29)77)60(89)95-26-10-93-59(88)15-8-25(94-54-16(58(86)87)7-23(70)40(74)51(54)85)41(75)44(78)28(15)27-13(5-21(68)38(72)42(27)76)61(90)97-55(26)57(99-63(36)92)56(35)98-62(37)91/h1-3,5-9,24,26,35,52,55-57,64-85H,4,10H2,(H,86,87)/t24-,26+,35+,52+,55+,56+,57-/m0/s1. The Morgan fingerprint density at radius 2 is 0.889 bits per heavy atom. The van der Waals surface area contributed by atoms with Crippen LogP contribution in [0.4, 0.5) is 0 Å². The number of rotatable bonds is 5. The highest BCUT2D eigenvalue weighted by Crippen LogP contribution is 2.65. The largest absolute Gasteiger partial charge is 0.507 e. The minimum atomic E-state index is -3.13. The number of hydrogen-bond donors (Lipinski definition) is 23. The highest BCUT2D eigenvalue weighted by Gasteiger charge is 2.58. The van der Waals surface area contributed by atoms with Gasteiger partial charge in [-0.2, -0.15) is 0 Å². The molecule has 0 aliphatic carbocycles. The lowest BCUT2D eigenvalue weighted by Gasteiger charge is -2.43. The number of fused-ring (bicyclic) bond motifs is 14. The maximum atomic E-state index is 16.0. The van der Waals surface area contributed by atoms with Crippen LogP contribution in [0.2, 0.25) is 0 Å². The van der Waals surface area contributed by atoms with Crippen molar-refractivity contribution in [1.29, 1.82) is 0 Å². The van der Waals surface area contributed by atoms with E-state index in [-0.39, 0.29) is 17.7 Å². The highest BCUT2D eigenvalue weighted by atomic mass is 16.6. The van der Waals surface area contributed by atoms with Crippen LogP contribution in [-0.2, 0) is 30.1 Å². The van der Waals surface area contributed by atoms with Crippen LogP contribution >= 0.6 is 0 Å². The number of aromatic hydroxyl groups is 21. The molecule has 36 heteroatoms. The third-order valence-electron chi connectivity index (χ3n) is 17.1. The smallest absolute Gasteiger partial charge is 0.340 e. The van der Waals surface area contributed by atoms with Crippen molar-refractivity contribution in [3.8, 4) is 171 Å². The van der Waals surface area contributed by atoms with Crippen LogP contribution in [0.3, 0.4) is 0 Å². The van der Waals surface area contributed by atoms with Gasteiger partial charge in [-0.3, -0.25) is 0 Å². The van der Waals surface area contributed by atoms with Crippen LogP contribution in [0.1, 0.15) is 96.4 Å². The first-order valence-electron chi connectivity index (χ1n) is 28.1. The lowest BCUT2D eigenvalue weighted by atomic mass is 9.73. The number of ether oxygens (including phenoxy) is 7. The van der Waals surface area contributed by atoms with E-state index in [9.17, 15) is 122 Å². The summed E-state index contributed by atoms with van der Waals surface area (Å²) in [5.41, 5.74) is -20.0. The molecule has 0 aromatic heterocycles. The van der Waals surface area contributed by atoms with Crippen LogP contribution < -0.4 is 9.47 Å². The molecule has 7 atom stereocenters. The lowest BCUT2D eigenvalue weighted by molar-refractivity contribution is -0.135. The van der Waals surface area contributed by atoms with Crippen LogP contribution in [0.25, 0.3) is 33.4 Å². The fourth-order valence-electron chi connectivity index (χ4n) is 12.6. The van der Waals surface area contributed by atoms with Crippen molar-refractivity contribution in [3.05, 3.63) is 104 Å². The van der Waals surface area contributed by atoms with Gasteiger partial charge < -0.3 is 151 Å². The summed E-state index contributed by atoms with van der Waals surface area (Å²) in [5.74, 6) is -50.5. The number of cyclic esters (lactones) is 1. The summed E-state index contributed by atoms with van der Waals surface area (Å²) < 4.78 is 41.6. The zero-order valence-electron chi connectivity index (χ0n) is 48.7. The van der Waals surface area contributed by atoms with E-state index < -0.39 is 313 Å². The third kappa shape index (κ3) is 9.17. The number of hydrogen-bond acceptors (Lipinski definition) is 35. The quantitative estimate of drug-likeness (QED) is 0.0653. The molecule has 23 N–H and O–H groups in total. The fraction of sp³-hybridized carbons (Fsp3) is 0.143. The Labute approximate surface area is 544 Å². The molecule has 0 saturated carbocycles. The topological polar surface area (TPSA) is 632 Å². The second-order valence-electron chi connectivity index (χ2n) is 22.6. The molecule has 0 unspecified atom stereocenters. The Morgan fingerprint density at radius 1 is 0.394 bits per heavy atom. The van der Waals surface area contributed by atoms with Crippen molar-refractivity contribution in [2.24, 2.45) is 0 Å². The fourth-order valence-corrected chi connectivity index (χ4v) is 12.6. The predicted molar refractivity (Wildman–Crippen MR) is 313 cm³/mol. The zero-order valence-corrected chi connectivity index (χ0v) is 48.7. The number of carbonyl (C=O) groups is 6. The Kier molecular flexibility index (Phi) is 14.2. The minimum absolute atomic E-state index is 0.184. The summed E-state index contributed by atoms with van der Waals surface area (Å²) in [6, 6.07) is 4.54. The Morgan fingerprint density at radius 3 is 1.49 bits per heavy atom. The summed E-state index contributed by atoms with van der Waals surface area (Å²) in [5, 5.41) is 262. The molecule has 13 rings (SSSR count). The lowest BCUT2D eigenvalue weighted by Crippen LogP contribution is -2.56. The molecule has 8 aromatic carbocycles. The van der Waals surface area contributed by atoms with Crippen molar-refractivity contribution in [2.75, 3.05) is 6.61 Å². The van der Waals surface area contributed by atoms with Gasteiger partial charge in [-0.15, -0.1) is 0 Å². The Balaban J connectivity index is 1.14. The molecule has 0 fully saturated rings. The molecular weight excluding hydrogens is 1330 g/mol. The van der Waals surface area contributed by atoms with Gasteiger partial charge in [0.2, 0.25) is 40.2 Å². The average Bonchev–Trinajstić information content (AvgIpc) is 1.32. The Hall–Kier alpha value is -14.1. The maximum Gasteiger partial charge on any atom is 0.340 e. The number of aliphatic hydroxyl groups excluding tert-OH is 1. The molecule has 4 bridgehead atoms. The number of aliphatic hydroxyl groups is 1. The summed E-state index contributed by atoms with van der Waals surface area (Å²) in [7, 11) is 0. The third-order valence-corrected chi connectivity index (χ3v) is 17.1. The molecule has 5 aliphatic rings. The van der Waals surface area contributed by atoms with Crippen LogP contribution in [0.15, 0.2) is 48.5 Å². The molecule has 8 aromatic rings. The zero-order chi connectivity index (χ0) is 71.6. The van der Waals surface area contributed by atoms with Crippen molar-refractivity contribution >= 4 is 35.8 Å². The number of phenolic OH excluding ortho intramolecular Hbond substituents is 21. The van der Waals surface area contributed by atoms with Crippen LogP contribution in [0, 0.1) is 0 Å². The number of carbonyl (C=O) groups excluding carboxylic acids is 5. The van der Waals surface area contributed by atoms with Crippen molar-refractivity contribution in [3.63, 3.8) is 0 Å². The molecule has 5 aliphatic heterocycles. The van der Waals surface area contributed by atoms with Gasteiger partial charge in [0.15, 0.2) is 105 Å². The first-order valence-corrected chi connectivity index (χ1v) is 28.1. The van der Waals surface area contributed by atoms with Gasteiger partial charge in [0.05, 0.1) is 39.8 Å². The molecule has 99 heavy (non-hydrogen) atoms. The van der Waals surface area contributed by atoms with E-state index >= 15 is 24.0 Å². The van der Waals surface area contributed by atoms with E-state index in [1.807, 2.05) is 0 Å². The predicted octanol–water partition coefficient (Wildman–Crippen LogP) is 4.18. The molecule has 0 spiro atoms. The molecular formula is C63H42O36. The molecule has 0 saturated heterocycles. The minimum Gasteiger partial charge on any atom is -0.507 e. The SMILES string of the molecule is O=C(O)c1cc(O)c(O)c(O)c1Oc1cc2c(c(O)c1O)-c1c(cc(O)c(O)c1O)C(=O)O[C@H]1[C@@H]3OC(=O)c4c(c(O)c(O)c(O)c4-c4c(O)c(O)c(O)c5c4C(=O)O[C@@H]3[C@@H]5c3c(O)cc(O)c4c3O[C@H](c3ccc(O)c(O)c3)[C@@H](O)C4)-c3c(cc(O)c(O)c3O)C(=O)O[C@@H]1COC2=O. The van der Waals surface area contributed by atoms with Gasteiger partial charge in [-0.05, 0) is 29.8 Å². The number of phenols is 21. The number of aromatic carboxylic acids is 1.